The summed E-state index contributed by atoms with van der Waals surface area (Å²) in [5, 5.41) is 0.783. The highest BCUT2D eigenvalue weighted by Gasteiger charge is 2.40. The van der Waals surface area contributed by atoms with E-state index in [0.29, 0.717) is 17.9 Å². The Labute approximate surface area is 200 Å². The van der Waals surface area contributed by atoms with Crippen molar-refractivity contribution in [3.05, 3.63) is 101 Å². The van der Waals surface area contributed by atoms with E-state index in [9.17, 15) is 18.0 Å². The number of alkyl halides is 3. The molecule has 0 aliphatic heterocycles. The van der Waals surface area contributed by atoms with Crippen LogP contribution in [0.25, 0.3) is 10.9 Å². The Balaban J connectivity index is 1.84. The molecule has 1 atom stereocenters. The molecule has 4 rings (SSSR count). The number of nitrogens with zero attached hydrogens (tertiary/aromatic N) is 1. The predicted molar refractivity (Wildman–Crippen MR) is 127 cm³/mol. The van der Waals surface area contributed by atoms with E-state index in [0.717, 1.165) is 28.6 Å². The number of benzene rings is 3. The number of aromatic nitrogens is 1. The van der Waals surface area contributed by atoms with Gasteiger partial charge < -0.3 is 19.8 Å². The molecule has 4 aromatic rings. The molecule has 182 valence electrons. The zero-order chi connectivity index (χ0) is 25.2. The van der Waals surface area contributed by atoms with Gasteiger partial charge in [0.2, 0.25) is 0 Å². The van der Waals surface area contributed by atoms with Crippen LogP contribution in [0.3, 0.4) is 0 Å². The maximum absolute atomic E-state index is 13.4. The molecule has 5 nitrogen and oxygen atoms in total. The molecule has 0 aliphatic rings. The van der Waals surface area contributed by atoms with E-state index < -0.39 is 23.2 Å². The van der Waals surface area contributed by atoms with Gasteiger partial charge in [-0.1, -0.05) is 42.5 Å². The standard InChI is InChI=1S/C27H25F3N2O3/c1-34-22-11-12-24-23(14-22)19(17-32(24)16-18-7-4-3-5-8-18)15-26(31,25(33)35-2)20-9-6-10-21(13-20)27(28,29)30/h3-14,17H,15-16,31H2,1-2H3. The van der Waals surface area contributed by atoms with E-state index in [1.54, 1.807) is 7.11 Å². The van der Waals surface area contributed by atoms with E-state index in [1.165, 1.54) is 19.2 Å². The van der Waals surface area contributed by atoms with Gasteiger partial charge in [0.15, 0.2) is 0 Å². The third-order valence-electron chi connectivity index (χ3n) is 6.09. The fraction of sp³-hybridized carbons (Fsp3) is 0.222. The van der Waals surface area contributed by atoms with Gasteiger partial charge in [-0.25, -0.2) is 4.79 Å². The number of ether oxygens (including phenoxy) is 2. The number of esters is 1. The first-order chi connectivity index (χ1) is 16.7. The molecule has 1 unspecified atom stereocenters. The van der Waals surface area contributed by atoms with Gasteiger partial charge in [0.25, 0.3) is 0 Å². The second kappa shape index (κ2) is 9.46. The average molecular weight is 483 g/mol. The van der Waals surface area contributed by atoms with E-state index in [2.05, 4.69) is 0 Å². The fourth-order valence-corrected chi connectivity index (χ4v) is 4.28. The maximum Gasteiger partial charge on any atom is 0.416 e. The molecule has 0 saturated heterocycles. The first-order valence-corrected chi connectivity index (χ1v) is 10.9. The number of hydrogen-bond acceptors (Lipinski definition) is 4. The molecule has 1 heterocycles. The Kier molecular flexibility index (Phi) is 6.58. The van der Waals surface area contributed by atoms with Crippen LogP contribution in [0, 0.1) is 0 Å². The molecule has 35 heavy (non-hydrogen) atoms. The number of hydrogen-bond donors (Lipinski definition) is 1. The van der Waals surface area contributed by atoms with Gasteiger partial charge in [-0.05, 0) is 47.0 Å². The molecular formula is C27H25F3N2O3. The maximum atomic E-state index is 13.4. The Morgan fingerprint density at radius 2 is 1.66 bits per heavy atom. The Morgan fingerprint density at radius 1 is 0.943 bits per heavy atom. The smallest absolute Gasteiger partial charge is 0.416 e. The van der Waals surface area contributed by atoms with Crippen molar-refractivity contribution in [2.75, 3.05) is 14.2 Å². The summed E-state index contributed by atoms with van der Waals surface area (Å²) < 4.78 is 52.5. The molecule has 8 heteroatoms. The van der Waals surface area contributed by atoms with Crippen LogP contribution in [0.15, 0.2) is 79.0 Å². The van der Waals surface area contributed by atoms with Gasteiger partial charge in [0, 0.05) is 30.1 Å². The van der Waals surface area contributed by atoms with Crippen molar-refractivity contribution in [3.8, 4) is 5.75 Å². The van der Waals surface area contributed by atoms with Crippen LogP contribution in [-0.2, 0) is 34.2 Å². The van der Waals surface area contributed by atoms with Crippen molar-refractivity contribution in [3.63, 3.8) is 0 Å². The highest BCUT2D eigenvalue weighted by Crippen LogP contribution is 2.35. The van der Waals surface area contributed by atoms with E-state index in [1.807, 2.05) is 59.3 Å². The normalized spacial score (nSPS) is 13.4. The van der Waals surface area contributed by atoms with Crippen LogP contribution in [0.5, 0.6) is 5.75 Å². The summed E-state index contributed by atoms with van der Waals surface area (Å²) >= 11 is 0. The van der Waals surface area contributed by atoms with E-state index in [4.69, 9.17) is 15.2 Å². The zero-order valence-electron chi connectivity index (χ0n) is 19.3. The van der Waals surface area contributed by atoms with Gasteiger partial charge in [-0.2, -0.15) is 13.2 Å². The average Bonchev–Trinajstić information content (AvgIpc) is 3.19. The van der Waals surface area contributed by atoms with Crippen LogP contribution >= 0.6 is 0 Å². The molecule has 0 amide bonds. The lowest BCUT2D eigenvalue weighted by molar-refractivity contribution is -0.148. The van der Waals surface area contributed by atoms with Crippen molar-refractivity contribution in [1.82, 2.24) is 4.57 Å². The minimum absolute atomic E-state index is 0.0195. The molecule has 0 aliphatic carbocycles. The Hall–Kier alpha value is -3.78. The van der Waals surface area contributed by atoms with Crippen LogP contribution < -0.4 is 10.5 Å². The largest absolute Gasteiger partial charge is 0.497 e. The van der Waals surface area contributed by atoms with Crippen molar-refractivity contribution in [1.29, 1.82) is 0 Å². The highest BCUT2D eigenvalue weighted by molar-refractivity contribution is 5.88. The first kappa shape index (κ1) is 24.3. The lowest BCUT2D eigenvalue weighted by Crippen LogP contribution is -2.47. The van der Waals surface area contributed by atoms with Crippen molar-refractivity contribution in [2.24, 2.45) is 5.73 Å². The summed E-state index contributed by atoms with van der Waals surface area (Å²) in [5.41, 5.74) is 6.47. The number of carbonyl (C=O) groups is 1. The third kappa shape index (κ3) is 4.88. The lowest BCUT2D eigenvalue weighted by Gasteiger charge is -2.27. The van der Waals surface area contributed by atoms with Crippen LogP contribution in [0.4, 0.5) is 13.2 Å². The van der Waals surface area contributed by atoms with Crippen LogP contribution in [0.1, 0.15) is 22.3 Å². The van der Waals surface area contributed by atoms with E-state index in [-0.39, 0.29) is 12.0 Å². The Bertz CT molecular complexity index is 1350. The first-order valence-electron chi connectivity index (χ1n) is 10.9. The van der Waals surface area contributed by atoms with Crippen molar-refractivity contribution < 1.29 is 27.4 Å². The van der Waals surface area contributed by atoms with Crippen molar-refractivity contribution >= 4 is 16.9 Å². The van der Waals surface area contributed by atoms with E-state index >= 15 is 0 Å². The van der Waals surface area contributed by atoms with Gasteiger partial charge in [-0.15, -0.1) is 0 Å². The summed E-state index contributed by atoms with van der Waals surface area (Å²) in [6, 6.07) is 19.9. The third-order valence-corrected chi connectivity index (χ3v) is 6.09. The topological polar surface area (TPSA) is 66.5 Å². The quantitative estimate of drug-likeness (QED) is 0.364. The summed E-state index contributed by atoms with van der Waals surface area (Å²) in [4.78, 5) is 12.9. The van der Waals surface area contributed by atoms with Gasteiger partial charge in [-0.3, -0.25) is 0 Å². The molecule has 0 saturated carbocycles. The molecule has 0 radical (unpaired) electrons. The second-order valence-corrected chi connectivity index (χ2v) is 8.37. The number of rotatable bonds is 7. The number of nitrogens with two attached hydrogens (primary N) is 1. The van der Waals surface area contributed by atoms with Crippen LogP contribution in [0.2, 0.25) is 0 Å². The monoisotopic (exact) mass is 482 g/mol. The number of fused-ring (bicyclic) bond motifs is 1. The minimum atomic E-state index is -4.58. The van der Waals surface area contributed by atoms with Gasteiger partial charge >= 0.3 is 12.1 Å². The number of methoxy groups -OCH3 is 2. The Morgan fingerprint density at radius 3 is 2.31 bits per heavy atom. The summed E-state index contributed by atoms with van der Waals surface area (Å²) in [6.07, 6.45) is -2.78. The molecule has 3 aromatic carbocycles. The molecule has 0 spiro atoms. The second-order valence-electron chi connectivity index (χ2n) is 8.37. The minimum Gasteiger partial charge on any atom is -0.497 e. The zero-order valence-corrected chi connectivity index (χ0v) is 19.3. The highest BCUT2D eigenvalue weighted by atomic mass is 19.4. The molecule has 0 fully saturated rings. The summed E-state index contributed by atoms with van der Waals surface area (Å²) in [7, 11) is 2.71. The SMILES string of the molecule is COC(=O)C(N)(Cc1cn(Cc2ccccc2)c2ccc(OC)cc12)c1cccc(C(F)(F)F)c1. The lowest BCUT2D eigenvalue weighted by atomic mass is 9.84. The molecule has 0 bridgehead atoms. The molecular weight excluding hydrogens is 457 g/mol. The number of carbonyl (C=O) groups excluding carboxylic acids is 1. The summed E-state index contributed by atoms with van der Waals surface area (Å²) in [6.45, 7) is 0.559. The van der Waals surface area contributed by atoms with Crippen molar-refractivity contribution in [2.45, 2.75) is 24.7 Å². The number of halogens is 3. The molecule has 1 aromatic heterocycles. The van der Waals surface area contributed by atoms with Crippen LogP contribution in [-0.4, -0.2) is 24.8 Å². The molecule has 2 N–H and O–H groups in total. The predicted octanol–water partition coefficient (Wildman–Crippen LogP) is 5.29. The van der Waals surface area contributed by atoms with Gasteiger partial charge in [0.05, 0.1) is 19.8 Å². The van der Waals surface area contributed by atoms with Gasteiger partial charge in [0.1, 0.15) is 11.3 Å². The fourth-order valence-electron chi connectivity index (χ4n) is 4.28. The summed E-state index contributed by atoms with van der Waals surface area (Å²) in [5.74, 6) is -0.223.